The maximum Gasteiger partial charge on any atom is 0.333 e. The second-order valence-electron chi connectivity index (χ2n) is 6.29. The summed E-state index contributed by atoms with van der Waals surface area (Å²) in [6.07, 6.45) is 1.74. The molecule has 0 unspecified atom stereocenters. The molecule has 1 aromatic carbocycles. The van der Waals surface area contributed by atoms with Crippen LogP contribution in [0.1, 0.15) is 17.0 Å². The number of rotatable bonds is 3. The first-order chi connectivity index (χ1) is 13.3. The predicted octanol–water partition coefficient (Wildman–Crippen LogP) is 3.16. The summed E-state index contributed by atoms with van der Waals surface area (Å²) in [6, 6.07) is 5.64. The smallest absolute Gasteiger partial charge is 0.333 e. The van der Waals surface area contributed by atoms with Crippen molar-refractivity contribution in [2.45, 2.75) is 13.3 Å². The van der Waals surface area contributed by atoms with Crippen molar-refractivity contribution in [2.75, 3.05) is 0 Å². The van der Waals surface area contributed by atoms with E-state index in [0.717, 1.165) is 4.57 Å². The van der Waals surface area contributed by atoms with Crippen LogP contribution in [0.2, 0.25) is 10.2 Å². The van der Waals surface area contributed by atoms with E-state index in [1.165, 1.54) is 41.8 Å². The van der Waals surface area contributed by atoms with Crippen molar-refractivity contribution in [2.24, 2.45) is 0 Å². The predicted molar refractivity (Wildman–Crippen MR) is 104 cm³/mol. The van der Waals surface area contributed by atoms with E-state index in [-0.39, 0.29) is 44.9 Å². The second kappa shape index (κ2) is 6.57. The summed E-state index contributed by atoms with van der Waals surface area (Å²) in [5.41, 5.74) is 0.633. The summed E-state index contributed by atoms with van der Waals surface area (Å²) in [7, 11) is 0. The molecule has 0 saturated carbocycles. The molecule has 4 aromatic rings. The number of aromatic hydroxyl groups is 1. The van der Waals surface area contributed by atoms with Gasteiger partial charge in [0.25, 0.3) is 5.56 Å². The van der Waals surface area contributed by atoms with E-state index in [2.05, 4.69) is 9.97 Å². The molecular formula is C18H13Cl2FN4O3. The largest absolute Gasteiger partial charge is 0.493 e. The minimum absolute atomic E-state index is 0.0957. The molecule has 28 heavy (non-hydrogen) atoms. The number of H-pyrrole nitrogens is 2. The number of halogens is 3. The average molecular weight is 423 g/mol. The number of hydrogen-bond donors (Lipinski definition) is 3. The Morgan fingerprint density at radius 1 is 1.21 bits per heavy atom. The van der Waals surface area contributed by atoms with E-state index in [9.17, 15) is 19.1 Å². The minimum Gasteiger partial charge on any atom is -0.493 e. The monoisotopic (exact) mass is 422 g/mol. The lowest BCUT2D eigenvalue weighted by molar-refractivity contribution is 0.434. The Kier molecular flexibility index (Phi) is 4.32. The lowest BCUT2D eigenvalue weighted by Crippen LogP contribution is -2.16. The van der Waals surface area contributed by atoms with Crippen molar-refractivity contribution in [1.29, 1.82) is 0 Å². The SMILES string of the molecule is Cc1[nH]c(=O)n(-c2cc(Cc3c[nH]c(=O)c4cc(Cl)c(Cl)n34)ccc2F)c1O. The highest BCUT2D eigenvalue weighted by atomic mass is 35.5. The van der Waals surface area contributed by atoms with Gasteiger partial charge < -0.3 is 15.1 Å². The highest BCUT2D eigenvalue weighted by molar-refractivity contribution is 6.42. The van der Waals surface area contributed by atoms with Gasteiger partial charge in [0.15, 0.2) is 0 Å². The lowest BCUT2D eigenvalue weighted by Gasteiger charge is -2.10. The summed E-state index contributed by atoms with van der Waals surface area (Å²) < 4.78 is 16.7. The normalized spacial score (nSPS) is 11.4. The summed E-state index contributed by atoms with van der Waals surface area (Å²) in [4.78, 5) is 29.1. The van der Waals surface area contributed by atoms with E-state index >= 15 is 0 Å². The fourth-order valence-corrected chi connectivity index (χ4v) is 3.57. The quantitative estimate of drug-likeness (QED) is 0.473. The number of benzene rings is 1. The van der Waals surface area contributed by atoms with Crippen LogP contribution in [0.5, 0.6) is 5.88 Å². The first-order valence-corrected chi connectivity index (χ1v) is 8.90. The first-order valence-electron chi connectivity index (χ1n) is 8.14. The summed E-state index contributed by atoms with van der Waals surface area (Å²) in [5, 5.41) is 10.5. The first kappa shape index (κ1) is 18.4. The topological polar surface area (TPSA) is 95.3 Å². The molecule has 0 aliphatic carbocycles. The Morgan fingerprint density at radius 3 is 2.64 bits per heavy atom. The van der Waals surface area contributed by atoms with Crippen LogP contribution in [0.3, 0.4) is 0 Å². The fourth-order valence-electron chi connectivity index (χ4n) is 3.13. The van der Waals surface area contributed by atoms with Crippen LogP contribution < -0.4 is 11.2 Å². The molecule has 144 valence electrons. The molecule has 7 nitrogen and oxygen atoms in total. The third kappa shape index (κ3) is 2.81. The lowest BCUT2D eigenvalue weighted by atomic mass is 10.1. The molecule has 0 bridgehead atoms. The van der Waals surface area contributed by atoms with Gasteiger partial charge in [-0.3, -0.25) is 9.20 Å². The Hall–Kier alpha value is -2.97. The Balaban J connectivity index is 1.85. The van der Waals surface area contributed by atoms with Gasteiger partial charge in [-0.1, -0.05) is 29.3 Å². The van der Waals surface area contributed by atoms with Gasteiger partial charge in [0.1, 0.15) is 16.5 Å². The van der Waals surface area contributed by atoms with Crippen LogP contribution in [0.25, 0.3) is 11.2 Å². The highest BCUT2D eigenvalue weighted by Gasteiger charge is 2.17. The van der Waals surface area contributed by atoms with Gasteiger partial charge in [0.05, 0.1) is 16.4 Å². The van der Waals surface area contributed by atoms with Gasteiger partial charge in [-0.15, -0.1) is 0 Å². The highest BCUT2D eigenvalue weighted by Crippen LogP contribution is 2.27. The summed E-state index contributed by atoms with van der Waals surface area (Å²) in [6.45, 7) is 1.50. The number of aromatic amines is 2. The Labute approximate surface area is 166 Å². The average Bonchev–Trinajstić information content (AvgIpc) is 3.09. The molecule has 0 atom stereocenters. The van der Waals surface area contributed by atoms with E-state index in [1.54, 1.807) is 0 Å². The van der Waals surface area contributed by atoms with E-state index in [1.807, 2.05) is 0 Å². The summed E-state index contributed by atoms with van der Waals surface area (Å²) in [5.74, 6) is -1.04. The maximum atomic E-state index is 14.4. The van der Waals surface area contributed by atoms with E-state index in [4.69, 9.17) is 23.2 Å². The van der Waals surface area contributed by atoms with Crippen LogP contribution in [0.15, 0.2) is 40.1 Å². The van der Waals surface area contributed by atoms with Crippen LogP contribution in [0.4, 0.5) is 4.39 Å². The molecular weight excluding hydrogens is 410 g/mol. The van der Waals surface area contributed by atoms with Gasteiger partial charge >= 0.3 is 5.69 Å². The zero-order valence-electron chi connectivity index (χ0n) is 14.4. The number of nitrogens with one attached hydrogen (secondary N) is 2. The van der Waals surface area contributed by atoms with Crippen molar-refractivity contribution in [3.8, 4) is 11.6 Å². The number of fused-ring (bicyclic) bond motifs is 1. The van der Waals surface area contributed by atoms with Gasteiger partial charge in [-0.05, 0) is 30.7 Å². The molecule has 0 spiro atoms. The van der Waals surface area contributed by atoms with Crippen LogP contribution in [-0.4, -0.2) is 24.0 Å². The van der Waals surface area contributed by atoms with Crippen molar-refractivity contribution in [3.05, 3.63) is 84.2 Å². The van der Waals surface area contributed by atoms with Crippen molar-refractivity contribution < 1.29 is 9.50 Å². The Morgan fingerprint density at radius 2 is 1.96 bits per heavy atom. The standard InChI is InChI=1S/C18H13Cl2FN4O3/c1-8-17(27)25(18(28)23-8)13-5-9(2-3-12(13)21)4-10-7-22-16(26)14-6-11(19)15(20)24(10)14/h2-3,5-7,27H,4H2,1H3,(H,22,26)(H,23,28). The van der Waals surface area contributed by atoms with Gasteiger partial charge in [0.2, 0.25) is 5.88 Å². The molecule has 0 aliphatic heterocycles. The van der Waals surface area contributed by atoms with Crippen LogP contribution in [-0.2, 0) is 6.42 Å². The van der Waals surface area contributed by atoms with Crippen molar-refractivity contribution >= 4 is 28.7 Å². The number of imidazole rings is 1. The molecule has 3 aromatic heterocycles. The molecule has 0 amide bonds. The van der Waals surface area contributed by atoms with Gasteiger partial charge in [-0.2, -0.15) is 0 Å². The molecule has 0 radical (unpaired) electrons. The van der Waals surface area contributed by atoms with Gasteiger partial charge in [0, 0.05) is 18.3 Å². The number of aromatic nitrogens is 4. The Bertz CT molecular complexity index is 1350. The van der Waals surface area contributed by atoms with Crippen LogP contribution >= 0.6 is 23.2 Å². The molecule has 0 saturated heterocycles. The zero-order valence-corrected chi connectivity index (χ0v) is 15.9. The number of nitrogens with zero attached hydrogens (tertiary/aromatic N) is 2. The molecule has 0 fully saturated rings. The fraction of sp³-hybridized carbons (Fsp3) is 0.111. The van der Waals surface area contributed by atoms with Crippen LogP contribution in [0, 0.1) is 12.7 Å². The number of hydrogen-bond acceptors (Lipinski definition) is 3. The van der Waals surface area contributed by atoms with E-state index < -0.39 is 11.5 Å². The van der Waals surface area contributed by atoms with Crippen molar-refractivity contribution in [3.63, 3.8) is 0 Å². The molecule has 10 heteroatoms. The van der Waals surface area contributed by atoms with Crippen molar-refractivity contribution in [1.82, 2.24) is 18.9 Å². The maximum absolute atomic E-state index is 14.4. The number of aryl methyl sites for hydroxylation is 1. The molecule has 4 rings (SSSR count). The minimum atomic E-state index is -0.672. The third-order valence-corrected chi connectivity index (χ3v) is 5.23. The van der Waals surface area contributed by atoms with E-state index in [0.29, 0.717) is 11.3 Å². The molecule has 3 N–H and O–H groups in total. The third-order valence-electron chi connectivity index (χ3n) is 4.47. The second-order valence-corrected chi connectivity index (χ2v) is 7.05. The van der Waals surface area contributed by atoms with Gasteiger partial charge in [-0.25, -0.2) is 13.8 Å². The molecule has 0 aliphatic rings. The summed E-state index contributed by atoms with van der Waals surface area (Å²) >= 11 is 12.3. The molecule has 3 heterocycles. The zero-order chi connectivity index (χ0) is 20.2.